The van der Waals surface area contributed by atoms with Crippen molar-refractivity contribution in [2.75, 3.05) is 19.5 Å². The van der Waals surface area contributed by atoms with Gasteiger partial charge in [-0.25, -0.2) is 4.98 Å². The zero-order chi connectivity index (χ0) is 15.4. The molecule has 1 heterocycles. The van der Waals surface area contributed by atoms with Crippen LogP contribution in [0.15, 0.2) is 23.6 Å². The number of amides is 1. The maximum atomic E-state index is 11.5. The maximum absolute atomic E-state index is 11.5. The Hall–Kier alpha value is -1.83. The van der Waals surface area contributed by atoms with Crippen LogP contribution in [-0.4, -0.2) is 31.2 Å². The van der Waals surface area contributed by atoms with Gasteiger partial charge in [-0.15, -0.1) is 23.7 Å². The predicted octanol–water partition coefficient (Wildman–Crippen LogP) is 2.53. The number of hydrogen-bond acceptors (Lipinski definition) is 6. The van der Waals surface area contributed by atoms with E-state index in [0.717, 1.165) is 11.3 Å². The molecule has 1 atom stereocenters. The highest BCUT2D eigenvalue weighted by Gasteiger charge is 2.12. The number of hydrogen-bond donors (Lipinski definition) is 2. The number of nitrogens with one attached hydrogen (secondary N) is 1. The molecule has 0 radical (unpaired) electrons. The van der Waals surface area contributed by atoms with Crippen LogP contribution in [0.2, 0.25) is 0 Å². The van der Waals surface area contributed by atoms with Gasteiger partial charge in [0.1, 0.15) is 0 Å². The van der Waals surface area contributed by atoms with E-state index >= 15 is 0 Å². The molecule has 0 fully saturated rings. The van der Waals surface area contributed by atoms with Gasteiger partial charge in [0, 0.05) is 10.9 Å². The van der Waals surface area contributed by atoms with Crippen LogP contribution in [0, 0.1) is 0 Å². The minimum absolute atomic E-state index is 0. The number of benzene rings is 1. The topological polar surface area (TPSA) is 86.5 Å². The standard InChI is InChI=1S/C14H17N3O3S.ClH/c1-8(15)13(18)17-14-16-10(7-21-14)9-4-5-11(19-2)12(6-9)20-3;/h4-8H,15H2,1-3H3,(H,16,17,18);1H/t8-;/m0./s1. The molecule has 2 rings (SSSR count). The average Bonchev–Trinajstić information content (AvgIpc) is 2.94. The fourth-order valence-corrected chi connectivity index (χ4v) is 2.40. The third-order valence-electron chi connectivity index (χ3n) is 2.83. The van der Waals surface area contributed by atoms with Crippen molar-refractivity contribution in [3.8, 4) is 22.8 Å². The lowest BCUT2D eigenvalue weighted by molar-refractivity contribution is -0.117. The molecule has 1 aromatic heterocycles. The van der Waals surface area contributed by atoms with E-state index in [9.17, 15) is 4.79 Å². The van der Waals surface area contributed by atoms with E-state index in [1.54, 1.807) is 21.1 Å². The molecule has 2 aromatic rings. The van der Waals surface area contributed by atoms with Gasteiger partial charge in [-0.3, -0.25) is 4.79 Å². The molecule has 1 amide bonds. The largest absolute Gasteiger partial charge is 0.493 e. The van der Waals surface area contributed by atoms with Crippen LogP contribution in [0.25, 0.3) is 11.3 Å². The predicted molar refractivity (Wildman–Crippen MR) is 90.2 cm³/mol. The van der Waals surface area contributed by atoms with Crippen molar-refractivity contribution in [2.24, 2.45) is 5.73 Å². The van der Waals surface area contributed by atoms with Crippen molar-refractivity contribution in [1.82, 2.24) is 4.98 Å². The molecule has 0 bridgehead atoms. The number of thiazole rings is 1. The normalized spacial score (nSPS) is 11.3. The molecule has 8 heteroatoms. The number of carbonyl (C=O) groups excluding carboxylic acids is 1. The number of nitrogens with zero attached hydrogens (tertiary/aromatic N) is 1. The summed E-state index contributed by atoms with van der Waals surface area (Å²) >= 11 is 1.34. The molecular weight excluding hydrogens is 326 g/mol. The second-order valence-electron chi connectivity index (χ2n) is 4.39. The first-order valence-corrected chi connectivity index (χ1v) is 7.17. The van der Waals surface area contributed by atoms with Crippen LogP contribution in [0.4, 0.5) is 5.13 Å². The van der Waals surface area contributed by atoms with Gasteiger partial charge >= 0.3 is 0 Å². The van der Waals surface area contributed by atoms with Crippen LogP contribution in [0.1, 0.15) is 6.92 Å². The van der Waals surface area contributed by atoms with Gasteiger partial charge < -0.3 is 20.5 Å². The number of methoxy groups -OCH3 is 2. The SMILES string of the molecule is COc1ccc(-c2csc(NC(=O)[C@H](C)N)n2)cc1OC.Cl. The van der Waals surface area contributed by atoms with Crippen LogP contribution < -0.4 is 20.5 Å². The smallest absolute Gasteiger partial charge is 0.242 e. The summed E-state index contributed by atoms with van der Waals surface area (Å²) in [5.41, 5.74) is 7.14. The summed E-state index contributed by atoms with van der Waals surface area (Å²) in [7, 11) is 3.17. The van der Waals surface area contributed by atoms with Gasteiger partial charge in [0.15, 0.2) is 16.6 Å². The summed E-state index contributed by atoms with van der Waals surface area (Å²) in [5.74, 6) is 1.02. The number of rotatable bonds is 5. The Morgan fingerprint density at radius 2 is 2.00 bits per heavy atom. The zero-order valence-electron chi connectivity index (χ0n) is 12.5. The second kappa shape index (κ2) is 7.98. The lowest BCUT2D eigenvalue weighted by atomic mass is 10.1. The Morgan fingerprint density at radius 3 is 2.59 bits per heavy atom. The molecule has 1 aromatic carbocycles. The third kappa shape index (κ3) is 4.09. The van der Waals surface area contributed by atoms with Crippen LogP contribution in [0.5, 0.6) is 11.5 Å². The highest BCUT2D eigenvalue weighted by molar-refractivity contribution is 7.14. The van der Waals surface area contributed by atoms with E-state index in [1.807, 2.05) is 23.6 Å². The number of anilines is 1. The maximum Gasteiger partial charge on any atom is 0.242 e. The Morgan fingerprint density at radius 1 is 1.32 bits per heavy atom. The fraction of sp³-hybridized carbons (Fsp3) is 0.286. The lowest BCUT2D eigenvalue weighted by Crippen LogP contribution is -2.32. The molecule has 120 valence electrons. The van der Waals surface area contributed by atoms with Gasteiger partial charge in [-0.2, -0.15) is 0 Å². The van der Waals surface area contributed by atoms with Gasteiger partial charge in [0.05, 0.1) is 26.0 Å². The van der Waals surface area contributed by atoms with Crippen LogP contribution in [0.3, 0.4) is 0 Å². The van der Waals surface area contributed by atoms with E-state index in [1.165, 1.54) is 11.3 Å². The molecular formula is C14H18ClN3O3S. The third-order valence-corrected chi connectivity index (χ3v) is 3.58. The quantitative estimate of drug-likeness (QED) is 0.871. The first-order chi connectivity index (χ1) is 10.0. The van der Waals surface area contributed by atoms with Gasteiger partial charge in [-0.1, -0.05) is 0 Å². The number of carbonyl (C=O) groups is 1. The van der Waals surface area contributed by atoms with Crippen molar-refractivity contribution in [1.29, 1.82) is 0 Å². The second-order valence-corrected chi connectivity index (χ2v) is 5.24. The first kappa shape index (κ1) is 18.2. The molecule has 3 N–H and O–H groups in total. The Balaban J connectivity index is 0.00000242. The summed E-state index contributed by atoms with van der Waals surface area (Å²) in [6.45, 7) is 1.62. The molecule has 22 heavy (non-hydrogen) atoms. The summed E-state index contributed by atoms with van der Waals surface area (Å²) in [4.78, 5) is 15.9. The van der Waals surface area contributed by atoms with Crippen molar-refractivity contribution in [3.05, 3.63) is 23.6 Å². The average molecular weight is 344 g/mol. The summed E-state index contributed by atoms with van der Waals surface area (Å²) in [5, 5.41) is 5.05. The van der Waals surface area contributed by atoms with Crippen molar-refractivity contribution in [3.63, 3.8) is 0 Å². The van der Waals surface area contributed by atoms with Gasteiger partial charge in [0.2, 0.25) is 5.91 Å². The summed E-state index contributed by atoms with van der Waals surface area (Å²) in [6, 6.07) is 4.96. The molecule has 0 saturated heterocycles. The Kier molecular flexibility index (Phi) is 6.61. The van der Waals surface area contributed by atoms with Gasteiger partial charge in [-0.05, 0) is 25.1 Å². The lowest BCUT2D eigenvalue weighted by Gasteiger charge is -2.08. The van der Waals surface area contributed by atoms with Crippen molar-refractivity contribution in [2.45, 2.75) is 13.0 Å². The Bertz CT molecular complexity index is 646. The van der Waals surface area contributed by atoms with Crippen molar-refractivity contribution >= 4 is 34.8 Å². The molecule has 0 aliphatic rings. The fourth-order valence-electron chi connectivity index (χ4n) is 1.68. The Labute approximate surface area is 139 Å². The number of ether oxygens (including phenoxy) is 2. The number of halogens is 1. The molecule has 0 unspecified atom stereocenters. The van der Waals surface area contributed by atoms with Crippen LogP contribution >= 0.6 is 23.7 Å². The van der Waals surface area contributed by atoms with Crippen molar-refractivity contribution < 1.29 is 14.3 Å². The number of aromatic nitrogens is 1. The monoisotopic (exact) mass is 343 g/mol. The van der Waals surface area contributed by atoms with E-state index in [-0.39, 0.29) is 18.3 Å². The van der Waals surface area contributed by atoms with E-state index in [4.69, 9.17) is 15.2 Å². The zero-order valence-corrected chi connectivity index (χ0v) is 14.1. The summed E-state index contributed by atoms with van der Waals surface area (Å²) < 4.78 is 10.5. The van der Waals surface area contributed by atoms with Gasteiger partial charge in [0.25, 0.3) is 0 Å². The molecule has 0 aliphatic heterocycles. The summed E-state index contributed by atoms with van der Waals surface area (Å²) in [6.07, 6.45) is 0. The molecule has 0 aliphatic carbocycles. The minimum Gasteiger partial charge on any atom is -0.493 e. The molecule has 0 spiro atoms. The highest BCUT2D eigenvalue weighted by atomic mass is 35.5. The number of nitrogens with two attached hydrogens (primary N) is 1. The first-order valence-electron chi connectivity index (χ1n) is 6.29. The minimum atomic E-state index is -0.571. The van der Waals surface area contributed by atoms with E-state index in [0.29, 0.717) is 16.6 Å². The van der Waals surface area contributed by atoms with Crippen LogP contribution in [-0.2, 0) is 4.79 Å². The van der Waals surface area contributed by atoms with E-state index in [2.05, 4.69) is 10.3 Å². The van der Waals surface area contributed by atoms with E-state index < -0.39 is 6.04 Å². The molecule has 6 nitrogen and oxygen atoms in total. The highest BCUT2D eigenvalue weighted by Crippen LogP contribution is 2.33. The molecule has 0 saturated carbocycles.